The first-order valence-electron chi connectivity index (χ1n) is 5.14. The topological polar surface area (TPSA) is 40.5 Å². The Morgan fingerprint density at radius 3 is 3.00 bits per heavy atom. The second-order valence-corrected chi connectivity index (χ2v) is 4.21. The number of carboxylic acid groups (broad SMARTS) is 1. The Kier molecular flexibility index (Phi) is 2.39. The van der Waals surface area contributed by atoms with Gasteiger partial charge in [-0.15, -0.1) is 0 Å². The molecule has 0 aromatic heterocycles. The van der Waals surface area contributed by atoms with E-state index in [1.54, 1.807) is 0 Å². The van der Waals surface area contributed by atoms with Crippen LogP contribution in [0, 0.1) is 0 Å². The van der Waals surface area contributed by atoms with Gasteiger partial charge in [0, 0.05) is 25.2 Å². The van der Waals surface area contributed by atoms with Crippen molar-refractivity contribution in [3.8, 4) is 0 Å². The van der Waals surface area contributed by atoms with E-state index in [1.807, 2.05) is 19.2 Å². The Morgan fingerprint density at radius 1 is 1.60 bits per heavy atom. The number of benzene rings is 1. The van der Waals surface area contributed by atoms with E-state index in [4.69, 9.17) is 5.11 Å². The number of likely N-dealkylation sites (N-methyl/N-ethyl adjacent to an activating group) is 1. The molecule has 0 fully saturated rings. The van der Waals surface area contributed by atoms with Crippen LogP contribution in [0.2, 0.25) is 0 Å². The second-order valence-electron chi connectivity index (χ2n) is 4.21. The summed E-state index contributed by atoms with van der Waals surface area (Å²) in [7, 11) is 2.02. The molecular weight excluding hydrogens is 190 g/mol. The molecule has 2 rings (SSSR count). The molecule has 0 bridgehead atoms. The van der Waals surface area contributed by atoms with Crippen LogP contribution < -0.4 is 4.90 Å². The Bertz CT molecular complexity index is 401. The standard InChI is InChI=1S/C12H15NO2/c1-8-7-13(2)12-9(6-11(14)15)4-3-5-10(8)12/h3-5,8H,6-7H2,1-2H3,(H,14,15). The average molecular weight is 205 g/mol. The Morgan fingerprint density at radius 2 is 2.33 bits per heavy atom. The summed E-state index contributed by atoms with van der Waals surface area (Å²) in [5.74, 6) is -0.268. The third kappa shape index (κ3) is 1.69. The van der Waals surface area contributed by atoms with Crippen LogP contribution >= 0.6 is 0 Å². The molecule has 1 aromatic rings. The van der Waals surface area contributed by atoms with E-state index in [2.05, 4.69) is 17.9 Å². The maximum absolute atomic E-state index is 10.7. The van der Waals surface area contributed by atoms with E-state index in [9.17, 15) is 4.79 Å². The molecular formula is C12H15NO2. The zero-order chi connectivity index (χ0) is 11.0. The number of anilines is 1. The predicted molar refractivity (Wildman–Crippen MR) is 59.5 cm³/mol. The van der Waals surface area contributed by atoms with E-state index in [-0.39, 0.29) is 6.42 Å². The maximum atomic E-state index is 10.7. The first kappa shape index (κ1) is 10.0. The minimum atomic E-state index is -0.767. The lowest BCUT2D eigenvalue weighted by atomic mass is 9.99. The highest BCUT2D eigenvalue weighted by molar-refractivity contribution is 5.76. The Balaban J connectivity index is 2.45. The van der Waals surface area contributed by atoms with Gasteiger partial charge in [-0.05, 0) is 11.1 Å². The number of fused-ring (bicyclic) bond motifs is 1. The predicted octanol–water partition coefficient (Wildman–Crippen LogP) is 1.87. The number of nitrogens with zero attached hydrogens (tertiary/aromatic N) is 1. The van der Waals surface area contributed by atoms with Crippen LogP contribution in [0.1, 0.15) is 24.0 Å². The van der Waals surface area contributed by atoms with Crippen LogP contribution in [0.25, 0.3) is 0 Å². The summed E-state index contributed by atoms with van der Waals surface area (Å²) in [5, 5.41) is 8.83. The Hall–Kier alpha value is -1.51. The monoisotopic (exact) mass is 205 g/mol. The van der Waals surface area contributed by atoms with E-state index in [0.717, 1.165) is 17.8 Å². The number of hydrogen-bond donors (Lipinski definition) is 1. The molecule has 0 saturated heterocycles. The zero-order valence-electron chi connectivity index (χ0n) is 9.03. The van der Waals surface area contributed by atoms with Crippen molar-refractivity contribution in [2.75, 3.05) is 18.5 Å². The fourth-order valence-electron chi connectivity index (χ4n) is 2.38. The molecule has 1 aromatic carbocycles. The van der Waals surface area contributed by atoms with Crippen molar-refractivity contribution >= 4 is 11.7 Å². The molecule has 1 heterocycles. The molecule has 3 nitrogen and oxygen atoms in total. The summed E-state index contributed by atoms with van der Waals surface area (Å²) in [6.45, 7) is 3.15. The average Bonchev–Trinajstić information content (AvgIpc) is 2.43. The van der Waals surface area contributed by atoms with Crippen molar-refractivity contribution in [2.24, 2.45) is 0 Å². The van der Waals surface area contributed by atoms with Gasteiger partial charge in [-0.25, -0.2) is 0 Å². The molecule has 0 radical (unpaired) electrons. The number of hydrogen-bond acceptors (Lipinski definition) is 2. The largest absolute Gasteiger partial charge is 0.481 e. The molecule has 15 heavy (non-hydrogen) atoms. The summed E-state index contributed by atoms with van der Waals surface area (Å²) in [6.07, 6.45) is 0.111. The molecule has 1 aliphatic heterocycles. The van der Waals surface area contributed by atoms with Crippen LogP contribution in [-0.2, 0) is 11.2 Å². The summed E-state index contributed by atoms with van der Waals surface area (Å²) in [6, 6.07) is 5.95. The van der Waals surface area contributed by atoms with Crippen LogP contribution in [0.4, 0.5) is 5.69 Å². The molecule has 0 amide bonds. The van der Waals surface area contributed by atoms with Gasteiger partial charge >= 0.3 is 5.97 Å². The second kappa shape index (κ2) is 3.57. The highest BCUT2D eigenvalue weighted by Crippen LogP contribution is 2.37. The molecule has 0 saturated carbocycles. The van der Waals surface area contributed by atoms with E-state index in [0.29, 0.717) is 5.92 Å². The van der Waals surface area contributed by atoms with Gasteiger partial charge < -0.3 is 10.0 Å². The smallest absolute Gasteiger partial charge is 0.307 e. The normalized spacial score (nSPS) is 19.1. The summed E-state index contributed by atoms with van der Waals surface area (Å²) in [4.78, 5) is 12.9. The minimum Gasteiger partial charge on any atom is -0.481 e. The third-order valence-electron chi connectivity index (χ3n) is 2.95. The maximum Gasteiger partial charge on any atom is 0.307 e. The van der Waals surface area contributed by atoms with Crippen molar-refractivity contribution in [1.29, 1.82) is 0 Å². The highest BCUT2D eigenvalue weighted by atomic mass is 16.4. The van der Waals surface area contributed by atoms with Crippen molar-refractivity contribution < 1.29 is 9.90 Å². The van der Waals surface area contributed by atoms with Crippen LogP contribution in [0.15, 0.2) is 18.2 Å². The quantitative estimate of drug-likeness (QED) is 0.801. The lowest BCUT2D eigenvalue weighted by Gasteiger charge is -2.15. The van der Waals surface area contributed by atoms with E-state index < -0.39 is 5.97 Å². The molecule has 3 heteroatoms. The van der Waals surface area contributed by atoms with Gasteiger partial charge in [0.1, 0.15) is 0 Å². The van der Waals surface area contributed by atoms with Gasteiger partial charge in [-0.2, -0.15) is 0 Å². The van der Waals surface area contributed by atoms with Gasteiger partial charge in [0.05, 0.1) is 6.42 Å². The molecule has 80 valence electrons. The third-order valence-corrected chi connectivity index (χ3v) is 2.95. The summed E-state index contributed by atoms with van der Waals surface area (Å²) < 4.78 is 0. The lowest BCUT2D eigenvalue weighted by Crippen LogP contribution is -2.16. The van der Waals surface area contributed by atoms with Gasteiger partial charge in [0.2, 0.25) is 0 Å². The molecule has 1 N–H and O–H groups in total. The van der Waals surface area contributed by atoms with Crippen LogP contribution in [0.3, 0.4) is 0 Å². The SMILES string of the molecule is CC1CN(C)c2c(CC(=O)O)cccc21. The van der Waals surface area contributed by atoms with Crippen molar-refractivity contribution in [1.82, 2.24) is 0 Å². The summed E-state index contributed by atoms with van der Waals surface area (Å²) >= 11 is 0. The fraction of sp³-hybridized carbons (Fsp3) is 0.417. The van der Waals surface area contributed by atoms with Gasteiger partial charge in [-0.3, -0.25) is 4.79 Å². The van der Waals surface area contributed by atoms with Crippen LogP contribution in [0.5, 0.6) is 0 Å². The van der Waals surface area contributed by atoms with E-state index in [1.165, 1.54) is 5.56 Å². The van der Waals surface area contributed by atoms with Crippen molar-refractivity contribution in [3.05, 3.63) is 29.3 Å². The number of carbonyl (C=O) groups is 1. The molecule has 1 unspecified atom stereocenters. The number of para-hydroxylation sites is 1. The number of rotatable bonds is 2. The molecule has 0 aliphatic carbocycles. The van der Waals surface area contributed by atoms with E-state index >= 15 is 0 Å². The minimum absolute atomic E-state index is 0.111. The lowest BCUT2D eigenvalue weighted by molar-refractivity contribution is -0.136. The van der Waals surface area contributed by atoms with Crippen molar-refractivity contribution in [2.45, 2.75) is 19.3 Å². The number of carboxylic acids is 1. The van der Waals surface area contributed by atoms with Crippen molar-refractivity contribution in [3.63, 3.8) is 0 Å². The highest BCUT2D eigenvalue weighted by Gasteiger charge is 2.25. The Labute approximate surface area is 89.3 Å². The van der Waals surface area contributed by atoms with Crippen LogP contribution in [-0.4, -0.2) is 24.7 Å². The molecule has 1 aliphatic rings. The van der Waals surface area contributed by atoms with Gasteiger partial charge in [-0.1, -0.05) is 25.1 Å². The molecule has 1 atom stereocenters. The first-order valence-corrected chi connectivity index (χ1v) is 5.14. The first-order chi connectivity index (χ1) is 7.09. The van der Waals surface area contributed by atoms with Gasteiger partial charge in [0.15, 0.2) is 0 Å². The fourth-order valence-corrected chi connectivity index (χ4v) is 2.38. The zero-order valence-corrected chi connectivity index (χ0v) is 9.03. The van der Waals surface area contributed by atoms with Gasteiger partial charge in [0.25, 0.3) is 0 Å². The number of aliphatic carboxylic acids is 1. The summed E-state index contributed by atoms with van der Waals surface area (Å²) in [5.41, 5.74) is 3.32. The molecule has 0 spiro atoms.